The fraction of sp³-hybridized carbons (Fsp3) is 0.394. The number of ether oxygens (including phenoxy) is 1. The van der Waals surface area contributed by atoms with Crippen LogP contribution >= 0.6 is 0 Å². The van der Waals surface area contributed by atoms with Crippen molar-refractivity contribution in [1.82, 2.24) is 10.2 Å². The summed E-state index contributed by atoms with van der Waals surface area (Å²) < 4.78 is 34.5. The zero-order chi connectivity index (χ0) is 30.0. The average molecular weight is 592 g/mol. The first kappa shape index (κ1) is 31.1. The molecule has 3 aromatic rings. The lowest BCUT2D eigenvalue weighted by Gasteiger charge is -2.34. The van der Waals surface area contributed by atoms with Crippen molar-refractivity contribution in [3.8, 4) is 5.75 Å². The number of sulfonamides is 1. The molecule has 0 radical (unpaired) electrons. The molecular weight excluding hydrogens is 550 g/mol. The van der Waals surface area contributed by atoms with Gasteiger partial charge >= 0.3 is 0 Å². The molecule has 1 aliphatic carbocycles. The van der Waals surface area contributed by atoms with E-state index in [9.17, 15) is 18.0 Å². The Hall–Kier alpha value is -3.85. The second-order valence-electron chi connectivity index (χ2n) is 10.5. The highest BCUT2D eigenvalue weighted by molar-refractivity contribution is 7.92. The first-order chi connectivity index (χ1) is 20.3. The van der Waals surface area contributed by atoms with Gasteiger partial charge in [-0.2, -0.15) is 0 Å². The summed E-state index contributed by atoms with van der Waals surface area (Å²) in [5.41, 5.74) is 1.18. The molecule has 1 N–H and O–H groups in total. The molecule has 1 saturated carbocycles. The van der Waals surface area contributed by atoms with Crippen molar-refractivity contribution in [2.45, 2.75) is 75.9 Å². The van der Waals surface area contributed by atoms with Gasteiger partial charge in [0.2, 0.25) is 11.8 Å². The molecule has 0 bridgehead atoms. The third kappa shape index (κ3) is 7.91. The standard InChI is InChI=1S/C33H41N3O5S/c1-3-31(33(38)34-27-16-10-6-11-17-27)35(24-26-14-8-5-9-15-26)32(37)25-36(28-20-22-29(23-21-28)41-4-2)42(39,40)30-18-12-7-13-19-30/h5,7-9,12-15,18-23,27,31H,3-4,6,10-11,16-17,24-25H2,1-2H3,(H,34,38). The van der Waals surface area contributed by atoms with Crippen LogP contribution in [0, 0.1) is 0 Å². The summed E-state index contributed by atoms with van der Waals surface area (Å²) in [6.45, 7) is 3.93. The molecule has 0 heterocycles. The van der Waals surface area contributed by atoms with Crippen molar-refractivity contribution in [1.29, 1.82) is 0 Å². The van der Waals surface area contributed by atoms with Crippen LogP contribution in [0.15, 0.2) is 89.8 Å². The van der Waals surface area contributed by atoms with Gasteiger partial charge in [-0.3, -0.25) is 13.9 Å². The smallest absolute Gasteiger partial charge is 0.264 e. The largest absolute Gasteiger partial charge is 0.494 e. The number of nitrogens with one attached hydrogen (secondary N) is 1. The Morgan fingerprint density at radius 2 is 1.50 bits per heavy atom. The quantitative estimate of drug-likeness (QED) is 0.282. The second kappa shape index (κ2) is 14.9. The van der Waals surface area contributed by atoms with Crippen LogP contribution in [0.1, 0.15) is 57.9 Å². The van der Waals surface area contributed by atoms with Gasteiger partial charge in [-0.25, -0.2) is 8.42 Å². The molecule has 0 aliphatic heterocycles. The summed E-state index contributed by atoms with van der Waals surface area (Å²) in [5.74, 6) is -0.0640. The molecule has 0 spiro atoms. The Morgan fingerprint density at radius 1 is 0.881 bits per heavy atom. The number of carbonyl (C=O) groups excluding carboxylic acids is 2. The molecule has 0 aromatic heterocycles. The Balaban J connectivity index is 1.68. The number of benzene rings is 3. The third-order valence-corrected chi connectivity index (χ3v) is 9.37. The molecule has 2 amide bonds. The summed E-state index contributed by atoms with van der Waals surface area (Å²) >= 11 is 0. The van der Waals surface area contributed by atoms with E-state index in [4.69, 9.17) is 4.74 Å². The van der Waals surface area contributed by atoms with Crippen LogP contribution in [0.4, 0.5) is 5.69 Å². The Morgan fingerprint density at radius 3 is 2.10 bits per heavy atom. The molecule has 1 fully saturated rings. The van der Waals surface area contributed by atoms with E-state index in [1.165, 1.54) is 23.5 Å². The molecular formula is C33H41N3O5S. The molecule has 1 aliphatic rings. The summed E-state index contributed by atoms with van der Waals surface area (Å²) in [6.07, 6.45) is 5.56. The zero-order valence-electron chi connectivity index (χ0n) is 24.4. The number of anilines is 1. The number of hydrogen-bond donors (Lipinski definition) is 1. The van der Waals surface area contributed by atoms with E-state index in [1.807, 2.05) is 44.2 Å². The lowest BCUT2D eigenvalue weighted by Crippen LogP contribution is -2.54. The van der Waals surface area contributed by atoms with Gasteiger partial charge in [-0.15, -0.1) is 0 Å². The Labute approximate surface area is 249 Å². The van der Waals surface area contributed by atoms with Crippen molar-refractivity contribution in [3.63, 3.8) is 0 Å². The van der Waals surface area contributed by atoms with Gasteiger partial charge in [-0.1, -0.05) is 74.7 Å². The van der Waals surface area contributed by atoms with E-state index in [0.29, 0.717) is 24.5 Å². The van der Waals surface area contributed by atoms with Crippen molar-refractivity contribution < 1.29 is 22.7 Å². The fourth-order valence-corrected chi connectivity index (χ4v) is 6.80. The highest BCUT2D eigenvalue weighted by atomic mass is 32.2. The molecule has 1 atom stereocenters. The Kier molecular flexibility index (Phi) is 11.0. The first-order valence-electron chi connectivity index (χ1n) is 14.8. The number of amides is 2. The van der Waals surface area contributed by atoms with Gasteiger partial charge in [0.15, 0.2) is 0 Å². The van der Waals surface area contributed by atoms with Crippen molar-refractivity contribution in [2.75, 3.05) is 17.5 Å². The minimum absolute atomic E-state index is 0.0726. The van der Waals surface area contributed by atoms with Crippen molar-refractivity contribution in [2.24, 2.45) is 0 Å². The highest BCUT2D eigenvalue weighted by Crippen LogP contribution is 2.27. The van der Waals surface area contributed by atoms with Crippen molar-refractivity contribution >= 4 is 27.5 Å². The van der Waals surface area contributed by atoms with E-state index < -0.39 is 28.5 Å². The summed E-state index contributed by atoms with van der Waals surface area (Å²) in [5, 5.41) is 3.17. The van der Waals surface area contributed by atoms with E-state index in [-0.39, 0.29) is 23.4 Å². The maximum atomic E-state index is 14.2. The summed E-state index contributed by atoms with van der Waals surface area (Å²) in [6, 6.07) is 23.5. The predicted octanol–water partition coefficient (Wildman–Crippen LogP) is 5.54. The lowest BCUT2D eigenvalue weighted by molar-refractivity contribution is -0.140. The van der Waals surface area contributed by atoms with Crippen LogP contribution in [0.2, 0.25) is 0 Å². The second-order valence-corrected chi connectivity index (χ2v) is 12.4. The van der Waals surface area contributed by atoms with E-state index in [2.05, 4.69) is 5.32 Å². The van der Waals surface area contributed by atoms with E-state index in [0.717, 1.165) is 35.6 Å². The van der Waals surface area contributed by atoms with Crippen LogP contribution in [-0.2, 0) is 26.2 Å². The van der Waals surface area contributed by atoms with Crippen LogP contribution in [0.25, 0.3) is 0 Å². The van der Waals surface area contributed by atoms with Crippen LogP contribution in [0.5, 0.6) is 5.75 Å². The summed E-state index contributed by atoms with van der Waals surface area (Å²) in [7, 11) is -4.11. The summed E-state index contributed by atoms with van der Waals surface area (Å²) in [4.78, 5) is 29.4. The van der Waals surface area contributed by atoms with E-state index in [1.54, 1.807) is 42.5 Å². The molecule has 0 saturated heterocycles. The molecule has 3 aromatic carbocycles. The van der Waals surface area contributed by atoms with Crippen LogP contribution in [-0.4, -0.2) is 50.4 Å². The minimum atomic E-state index is -4.11. The molecule has 4 rings (SSSR count). The molecule has 42 heavy (non-hydrogen) atoms. The van der Waals surface area contributed by atoms with Crippen LogP contribution < -0.4 is 14.4 Å². The molecule has 8 nitrogen and oxygen atoms in total. The first-order valence-corrected chi connectivity index (χ1v) is 16.2. The molecule has 224 valence electrons. The number of carbonyl (C=O) groups is 2. The average Bonchev–Trinajstić information content (AvgIpc) is 3.01. The Bertz CT molecular complexity index is 1390. The minimum Gasteiger partial charge on any atom is -0.494 e. The van der Waals surface area contributed by atoms with E-state index >= 15 is 0 Å². The van der Waals surface area contributed by atoms with Gasteiger partial charge < -0.3 is 15.0 Å². The molecule has 9 heteroatoms. The lowest BCUT2D eigenvalue weighted by atomic mass is 9.95. The monoisotopic (exact) mass is 591 g/mol. The topological polar surface area (TPSA) is 96.0 Å². The third-order valence-electron chi connectivity index (χ3n) is 7.58. The number of hydrogen-bond acceptors (Lipinski definition) is 5. The number of nitrogens with zero attached hydrogens (tertiary/aromatic N) is 2. The molecule has 1 unspecified atom stereocenters. The number of rotatable bonds is 13. The van der Waals surface area contributed by atoms with Gasteiger partial charge in [0.05, 0.1) is 17.2 Å². The van der Waals surface area contributed by atoms with Crippen molar-refractivity contribution in [3.05, 3.63) is 90.5 Å². The zero-order valence-corrected chi connectivity index (χ0v) is 25.3. The van der Waals surface area contributed by atoms with Gasteiger partial charge in [0.25, 0.3) is 10.0 Å². The van der Waals surface area contributed by atoms with Gasteiger partial charge in [-0.05, 0) is 68.1 Å². The van der Waals surface area contributed by atoms with Gasteiger partial charge in [0.1, 0.15) is 18.3 Å². The highest BCUT2D eigenvalue weighted by Gasteiger charge is 2.34. The fourth-order valence-electron chi connectivity index (χ4n) is 5.37. The maximum Gasteiger partial charge on any atom is 0.264 e. The van der Waals surface area contributed by atoms with Crippen LogP contribution in [0.3, 0.4) is 0 Å². The normalized spacial score (nSPS) is 14.5. The SMILES string of the molecule is CCOc1ccc(N(CC(=O)N(Cc2ccccc2)C(CC)C(=O)NC2CCCCC2)S(=O)(=O)c2ccccc2)cc1. The van der Waals surface area contributed by atoms with Gasteiger partial charge in [0, 0.05) is 12.6 Å². The maximum absolute atomic E-state index is 14.2. The predicted molar refractivity (Wildman–Crippen MR) is 165 cm³/mol.